The molecule has 106 valence electrons. The summed E-state index contributed by atoms with van der Waals surface area (Å²) in [4.78, 5) is 0. The smallest absolute Gasteiger partial charge is 0.370 e. The van der Waals surface area contributed by atoms with E-state index in [1.807, 2.05) is 0 Å². The zero-order valence-corrected chi connectivity index (χ0v) is 9.68. The van der Waals surface area contributed by atoms with E-state index >= 15 is 0 Å². The van der Waals surface area contributed by atoms with Crippen molar-refractivity contribution in [3.8, 4) is 0 Å². The predicted molar refractivity (Wildman–Crippen MR) is 57.3 cm³/mol. The van der Waals surface area contributed by atoms with Gasteiger partial charge in [0.15, 0.2) is 0 Å². The molecule has 0 aliphatic heterocycles. The van der Waals surface area contributed by atoms with Crippen LogP contribution >= 0.6 is 0 Å². The standard InChI is InChI=1S/C12H10F6O/c1-8-4-2-3-5-9(8)6-7-10(19,11(13,14)15)12(16,17)18/h2-7,19H,1H3/b7-6+. The summed E-state index contributed by atoms with van der Waals surface area (Å²) < 4.78 is 74.3. The van der Waals surface area contributed by atoms with Gasteiger partial charge in [0.1, 0.15) is 0 Å². The Morgan fingerprint density at radius 3 is 1.84 bits per heavy atom. The molecule has 1 aromatic carbocycles. The Morgan fingerprint density at radius 2 is 1.42 bits per heavy atom. The molecule has 0 saturated heterocycles. The van der Waals surface area contributed by atoms with Crippen LogP contribution in [0, 0.1) is 6.92 Å². The van der Waals surface area contributed by atoms with Crippen LogP contribution in [0.15, 0.2) is 30.3 Å². The molecule has 0 spiro atoms. The van der Waals surface area contributed by atoms with Crippen molar-refractivity contribution in [2.75, 3.05) is 0 Å². The Morgan fingerprint density at radius 1 is 0.947 bits per heavy atom. The van der Waals surface area contributed by atoms with Crippen LogP contribution in [0.1, 0.15) is 11.1 Å². The Hall–Kier alpha value is -1.50. The fourth-order valence-electron chi connectivity index (χ4n) is 1.33. The second kappa shape index (κ2) is 4.88. The Balaban J connectivity index is 3.21. The van der Waals surface area contributed by atoms with Gasteiger partial charge in [0, 0.05) is 0 Å². The molecule has 0 aliphatic rings. The van der Waals surface area contributed by atoms with Crippen LogP contribution < -0.4 is 0 Å². The number of aryl methyl sites for hydroxylation is 1. The third-order valence-electron chi connectivity index (χ3n) is 2.56. The third-order valence-corrected chi connectivity index (χ3v) is 2.56. The first kappa shape index (κ1) is 15.6. The minimum atomic E-state index is -5.84. The van der Waals surface area contributed by atoms with Crippen LogP contribution in [0.5, 0.6) is 0 Å². The highest BCUT2D eigenvalue weighted by atomic mass is 19.4. The Kier molecular flexibility index (Phi) is 4.00. The van der Waals surface area contributed by atoms with Gasteiger partial charge in [-0.15, -0.1) is 0 Å². The molecule has 0 atom stereocenters. The van der Waals surface area contributed by atoms with E-state index in [0.717, 1.165) is 0 Å². The lowest BCUT2D eigenvalue weighted by Crippen LogP contribution is -2.55. The first-order chi connectivity index (χ1) is 8.49. The number of alkyl halides is 6. The molecule has 19 heavy (non-hydrogen) atoms. The summed E-state index contributed by atoms with van der Waals surface area (Å²) >= 11 is 0. The average Bonchev–Trinajstić information content (AvgIpc) is 2.24. The lowest BCUT2D eigenvalue weighted by atomic mass is 9.99. The summed E-state index contributed by atoms with van der Waals surface area (Å²) in [5.74, 6) is 0. The molecule has 1 N–H and O–H groups in total. The van der Waals surface area contributed by atoms with Crippen molar-refractivity contribution in [1.29, 1.82) is 0 Å². The molecule has 1 nitrogen and oxygen atoms in total. The molecule has 0 bridgehead atoms. The van der Waals surface area contributed by atoms with Gasteiger partial charge in [-0.2, -0.15) is 26.3 Å². The number of aliphatic hydroxyl groups is 1. The van der Waals surface area contributed by atoms with E-state index in [1.54, 1.807) is 6.07 Å². The molecule has 0 aromatic heterocycles. The van der Waals surface area contributed by atoms with Gasteiger partial charge in [0.25, 0.3) is 5.60 Å². The molecule has 0 fully saturated rings. The van der Waals surface area contributed by atoms with Gasteiger partial charge in [-0.1, -0.05) is 30.3 Å². The maximum absolute atomic E-state index is 12.4. The van der Waals surface area contributed by atoms with E-state index in [0.29, 0.717) is 11.6 Å². The molecular weight excluding hydrogens is 274 g/mol. The second-order valence-electron chi connectivity index (χ2n) is 3.95. The van der Waals surface area contributed by atoms with Gasteiger partial charge in [-0.3, -0.25) is 0 Å². The largest absolute Gasteiger partial charge is 0.430 e. The van der Waals surface area contributed by atoms with Gasteiger partial charge < -0.3 is 5.11 Å². The van der Waals surface area contributed by atoms with Crippen LogP contribution in [0.25, 0.3) is 6.08 Å². The molecule has 1 rings (SSSR count). The highest BCUT2D eigenvalue weighted by Crippen LogP contribution is 2.44. The van der Waals surface area contributed by atoms with Gasteiger partial charge >= 0.3 is 12.4 Å². The topological polar surface area (TPSA) is 20.2 Å². The van der Waals surface area contributed by atoms with E-state index in [4.69, 9.17) is 5.11 Å². The monoisotopic (exact) mass is 284 g/mol. The van der Waals surface area contributed by atoms with Crippen molar-refractivity contribution >= 4 is 6.08 Å². The van der Waals surface area contributed by atoms with Gasteiger partial charge in [-0.25, -0.2) is 0 Å². The summed E-state index contributed by atoms with van der Waals surface area (Å²) in [6, 6.07) is 5.93. The fraction of sp³-hybridized carbons (Fsp3) is 0.333. The lowest BCUT2D eigenvalue weighted by Gasteiger charge is -2.29. The zero-order chi connectivity index (χ0) is 14.9. The number of hydrogen-bond donors (Lipinski definition) is 1. The van der Waals surface area contributed by atoms with Gasteiger partial charge in [0.2, 0.25) is 0 Å². The quantitative estimate of drug-likeness (QED) is 0.817. The van der Waals surface area contributed by atoms with Crippen LogP contribution in [-0.4, -0.2) is 23.1 Å². The van der Waals surface area contributed by atoms with Crippen LogP contribution in [-0.2, 0) is 0 Å². The molecule has 0 radical (unpaired) electrons. The molecule has 0 aliphatic carbocycles. The minimum Gasteiger partial charge on any atom is -0.370 e. The molecule has 7 heteroatoms. The van der Waals surface area contributed by atoms with Crippen molar-refractivity contribution in [2.24, 2.45) is 0 Å². The van der Waals surface area contributed by atoms with E-state index in [-0.39, 0.29) is 11.6 Å². The van der Waals surface area contributed by atoms with E-state index in [9.17, 15) is 26.3 Å². The van der Waals surface area contributed by atoms with E-state index < -0.39 is 18.0 Å². The SMILES string of the molecule is Cc1ccccc1/C=C/C(O)(C(F)(F)F)C(F)(F)F. The summed E-state index contributed by atoms with van der Waals surface area (Å²) in [5.41, 5.74) is -4.21. The number of halogens is 6. The fourth-order valence-corrected chi connectivity index (χ4v) is 1.33. The van der Waals surface area contributed by atoms with Crippen molar-refractivity contribution < 1.29 is 31.4 Å². The van der Waals surface area contributed by atoms with Crippen molar-refractivity contribution in [1.82, 2.24) is 0 Å². The predicted octanol–water partition coefficient (Wildman–Crippen LogP) is 3.86. The molecule has 0 unspecified atom stereocenters. The zero-order valence-electron chi connectivity index (χ0n) is 9.68. The first-order valence-corrected chi connectivity index (χ1v) is 5.10. The second-order valence-corrected chi connectivity index (χ2v) is 3.95. The summed E-state index contributed by atoms with van der Waals surface area (Å²) in [5, 5.41) is 8.90. The number of benzene rings is 1. The van der Waals surface area contributed by atoms with Crippen LogP contribution in [0.3, 0.4) is 0 Å². The maximum Gasteiger partial charge on any atom is 0.430 e. The normalized spacial score (nSPS) is 14.1. The minimum absolute atomic E-state index is 0.162. The van der Waals surface area contributed by atoms with Gasteiger partial charge in [0.05, 0.1) is 0 Å². The number of hydrogen-bond acceptors (Lipinski definition) is 1. The Labute approximate surface area is 105 Å². The summed E-state index contributed by atoms with van der Waals surface area (Å²) in [6.07, 6.45) is -11.4. The van der Waals surface area contributed by atoms with E-state index in [1.165, 1.54) is 25.1 Å². The highest BCUT2D eigenvalue weighted by molar-refractivity contribution is 5.54. The summed E-state index contributed by atoms with van der Waals surface area (Å²) in [7, 11) is 0. The highest BCUT2D eigenvalue weighted by Gasteiger charge is 2.68. The molecule has 0 saturated carbocycles. The van der Waals surface area contributed by atoms with Crippen molar-refractivity contribution in [3.05, 3.63) is 41.5 Å². The van der Waals surface area contributed by atoms with E-state index in [2.05, 4.69) is 0 Å². The molecule has 1 aromatic rings. The molecule has 0 amide bonds. The molecule has 0 heterocycles. The lowest BCUT2D eigenvalue weighted by molar-refractivity contribution is -0.347. The average molecular weight is 284 g/mol. The third kappa shape index (κ3) is 3.09. The maximum atomic E-state index is 12.4. The van der Waals surface area contributed by atoms with Crippen molar-refractivity contribution in [2.45, 2.75) is 24.9 Å². The van der Waals surface area contributed by atoms with Gasteiger partial charge in [-0.05, 0) is 24.1 Å². The van der Waals surface area contributed by atoms with Crippen LogP contribution in [0.2, 0.25) is 0 Å². The summed E-state index contributed by atoms with van der Waals surface area (Å²) in [6.45, 7) is 1.53. The first-order valence-electron chi connectivity index (χ1n) is 5.10. The molecular formula is C12H10F6O. The number of rotatable bonds is 2. The Bertz CT molecular complexity index is 458. The van der Waals surface area contributed by atoms with Crippen molar-refractivity contribution in [3.63, 3.8) is 0 Å². The van der Waals surface area contributed by atoms with Crippen LogP contribution in [0.4, 0.5) is 26.3 Å².